The van der Waals surface area contributed by atoms with Crippen molar-refractivity contribution in [1.29, 1.82) is 0 Å². The van der Waals surface area contributed by atoms with Crippen molar-refractivity contribution in [2.24, 2.45) is 0 Å². The van der Waals surface area contributed by atoms with Crippen molar-refractivity contribution in [2.45, 2.75) is 6.10 Å². The highest BCUT2D eigenvalue weighted by atomic mass is 19.1. The van der Waals surface area contributed by atoms with Gasteiger partial charge in [-0.05, 0) is 18.2 Å². The summed E-state index contributed by atoms with van der Waals surface area (Å²) in [6.07, 6.45) is 1.25. The van der Waals surface area contributed by atoms with Crippen molar-refractivity contribution in [3.63, 3.8) is 0 Å². The van der Waals surface area contributed by atoms with E-state index >= 15 is 0 Å². The van der Waals surface area contributed by atoms with Crippen molar-refractivity contribution >= 4 is 0 Å². The fraction of sp³-hybridized carbons (Fsp3) is 0.267. The molecule has 0 aliphatic rings. The number of hydrogen-bond donors (Lipinski definition) is 1. The minimum atomic E-state index is -1.21. The van der Waals surface area contributed by atoms with Crippen molar-refractivity contribution in [3.8, 4) is 17.2 Å². The van der Waals surface area contributed by atoms with Gasteiger partial charge in [-0.25, -0.2) is 4.39 Å². The molecule has 1 aromatic carbocycles. The van der Waals surface area contributed by atoms with Gasteiger partial charge in [0.1, 0.15) is 11.9 Å². The SMILES string of the molecule is COc1ccc(C(O)c2ccncc2F)c(OC)c1OC. The third kappa shape index (κ3) is 2.75. The summed E-state index contributed by atoms with van der Waals surface area (Å²) in [5.74, 6) is 0.494. The van der Waals surface area contributed by atoms with E-state index in [0.717, 1.165) is 6.20 Å². The van der Waals surface area contributed by atoms with Crippen LogP contribution in [0.5, 0.6) is 17.2 Å². The molecule has 1 heterocycles. The fourth-order valence-electron chi connectivity index (χ4n) is 2.11. The predicted molar refractivity (Wildman–Crippen MR) is 74.4 cm³/mol. The molecule has 0 radical (unpaired) electrons. The van der Waals surface area contributed by atoms with Crippen LogP contribution in [0.15, 0.2) is 30.6 Å². The van der Waals surface area contributed by atoms with Gasteiger partial charge >= 0.3 is 0 Å². The average Bonchev–Trinajstić information content (AvgIpc) is 2.52. The Labute approximate surface area is 121 Å². The molecular formula is C15H16FNO4. The van der Waals surface area contributed by atoms with E-state index in [1.54, 1.807) is 12.1 Å². The van der Waals surface area contributed by atoms with E-state index in [0.29, 0.717) is 22.8 Å². The average molecular weight is 293 g/mol. The topological polar surface area (TPSA) is 60.8 Å². The molecule has 112 valence electrons. The third-order valence-corrected chi connectivity index (χ3v) is 3.13. The zero-order chi connectivity index (χ0) is 15.4. The van der Waals surface area contributed by atoms with Crippen molar-refractivity contribution in [3.05, 3.63) is 47.5 Å². The Morgan fingerprint density at radius 1 is 1.00 bits per heavy atom. The van der Waals surface area contributed by atoms with E-state index in [2.05, 4.69) is 4.98 Å². The van der Waals surface area contributed by atoms with Gasteiger partial charge in [-0.2, -0.15) is 0 Å². The van der Waals surface area contributed by atoms with Crippen LogP contribution in [-0.4, -0.2) is 31.4 Å². The van der Waals surface area contributed by atoms with E-state index in [4.69, 9.17) is 14.2 Å². The number of aromatic nitrogens is 1. The molecule has 0 amide bonds. The summed E-state index contributed by atoms with van der Waals surface area (Å²) in [5.41, 5.74) is 0.482. The Kier molecular flexibility index (Phi) is 4.59. The molecule has 2 rings (SSSR count). The maximum Gasteiger partial charge on any atom is 0.203 e. The number of aliphatic hydroxyl groups excluding tert-OH is 1. The lowest BCUT2D eigenvalue weighted by atomic mass is 10.0. The number of ether oxygens (including phenoxy) is 3. The van der Waals surface area contributed by atoms with Crippen LogP contribution in [0.3, 0.4) is 0 Å². The third-order valence-electron chi connectivity index (χ3n) is 3.13. The maximum atomic E-state index is 13.8. The van der Waals surface area contributed by atoms with Gasteiger partial charge in [0.15, 0.2) is 11.5 Å². The standard InChI is InChI=1S/C15H16FNO4/c1-19-12-5-4-10(14(20-2)15(12)21-3)13(18)9-6-7-17-8-11(9)16/h4-8,13,18H,1-3H3. The van der Waals surface area contributed by atoms with Crippen LogP contribution in [0.4, 0.5) is 4.39 Å². The van der Waals surface area contributed by atoms with E-state index < -0.39 is 11.9 Å². The summed E-state index contributed by atoms with van der Waals surface area (Å²) < 4.78 is 29.5. The number of aliphatic hydroxyl groups is 1. The zero-order valence-electron chi connectivity index (χ0n) is 12.0. The van der Waals surface area contributed by atoms with Gasteiger partial charge in [-0.3, -0.25) is 4.98 Å². The van der Waals surface area contributed by atoms with Crippen LogP contribution < -0.4 is 14.2 Å². The monoisotopic (exact) mass is 293 g/mol. The molecule has 0 aliphatic heterocycles. The molecule has 0 bridgehead atoms. The van der Waals surface area contributed by atoms with Crippen molar-refractivity contribution in [1.82, 2.24) is 4.98 Å². The molecule has 2 aromatic rings. The zero-order valence-corrected chi connectivity index (χ0v) is 12.0. The van der Waals surface area contributed by atoms with Gasteiger partial charge in [0.05, 0.1) is 27.5 Å². The minimum absolute atomic E-state index is 0.107. The highest BCUT2D eigenvalue weighted by molar-refractivity contribution is 5.57. The molecule has 0 aliphatic carbocycles. The number of pyridine rings is 1. The first-order chi connectivity index (χ1) is 10.1. The van der Waals surface area contributed by atoms with Gasteiger partial charge in [0.25, 0.3) is 0 Å². The second-order valence-electron chi connectivity index (χ2n) is 4.22. The summed E-state index contributed by atoms with van der Waals surface area (Å²) in [5, 5.41) is 10.4. The molecule has 6 heteroatoms. The van der Waals surface area contributed by atoms with Crippen LogP contribution in [-0.2, 0) is 0 Å². The lowest BCUT2D eigenvalue weighted by Crippen LogP contribution is -2.06. The molecule has 1 aromatic heterocycles. The molecule has 0 spiro atoms. The van der Waals surface area contributed by atoms with E-state index in [9.17, 15) is 9.50 Å². The minimum Gasteiger partial charge on any atom is -0.493 e. The molecule has 21 heavy (non-hydrogen) atoms. The smallest absolute Gasteiger partial charge is 0.203 e. The van der Waals surface area contributed by atoms with Crippen LogP contribution in [0, 0.1) is 5.82 Å². The van der Waals surface area contributed by atoms with E-state index in [1.807, 2.05) is 0 Å². The van der Waals surface area contributed by atoms with Gasteiger partial charge in [0.2, 0.25) is 5.75 Å². The summed E-state index contributed by atoms with van der Waals surface area (Å²) >= 11 is 0. The first-order valence-corrected chi connectivity index (χ1v) is 6.20. The molecule has 1 N–H and O–H groups in total. The normalized spacial score (nSPS) is 11.9. The van der Waals surface area contributed by atoms with E-state index in [-0.39, 0.29) is 5.56 Å². The number of methoxy groups -OCH3 is 3. The summed E-state index contributed by atoms with van der Waals surface area (Å²) in [6.45, 7) is 0. The van der Waals surface area contributed by atoms with Crippen LogP contribution in [0.25, 0.3) is 0 Å². The largest absolute Gasteiger partial charge is 0.493 e. The quantitative estimate of drug-likeness (QED) is 0.916. The van der Waals surface area contributed by atoms with Crippen molar-refractivity contribution in [2.75, 3.05) is 21.3 Å². The maximum absolute atomic E-state index is 13.8. The summed E-state index contributed by atoms with van der Waals surface area (Å²) in [4.78, 5) is 3.66. The van der Waals surface area contributed by atoms with Crippen LogP contribution in [0.2, 0.25) is 0 Å². The molecule has 0 saturated heterocycles. The summed E-state index contributed by atoms with van der Waals surface area (Å²) in [7, 11) is 4.40. The van der Waals surface area contributed by atoms with Crippen molar-refractivity contribution < 1.29 is 23.7 Å². The summed E-state index contributed by atoms with van der Waals surface area (Å²) in [6, 6.07) is 4.64. The lowest BCUT2D eigenvalue weighted by molar-refractivity contribution is 0.207. The Morgan fingerprint density at radius 2 is 1.71 bits per heavy atom. The Balaban J connectivity index is 2.56. The number of benzene rings is 1. The highest BCUT2D eigenvalue weighted by Crippen LogP contribution is 2.43. The molecular weight excluding hydrogens is 277 g/mol. The first-order valence-electron chi connectivity index (χ1n) is 6.20. The van der Waals surface area contributed by atoms with Gasteiger partial charge in [-0.15, -0.1) is 0 Å². The Morgan fingerprint density at radius 3 is 2.29 bits per heavy atom. The second-order valence-corrected chi connectivity index (χ2v) is 4.22. The first kappa shape index (κ1) is 15.1. The number of rotatable bonds is 5. The van der Waals surface area contributed by atoms with Gasteiger partial charge in [-0.1, -0.05) is 0 Å². The van der Waals surface area contributed by atoms with E-state index in [1.165, 1.54) is 33.6 Å². The Hall–Kier alpha value is -2.34. The number of halogens is 1. The highest BCUT2D eigenvalue weighted by Gasteiger charge is 2.23. The second kappa shape index (κ2) is 6.41. The van der Waals surface area contributed by atoms with Crippen LogP contribution in [0.1, 0.15) is 17.2 Å². The number of hydrogen-bond acceptors (Lipinski definition) is 5. The van der Waals surface area contributed by atoms with Crippen LogP contribution >= 0.6 is 0 Å². The molecule has 0 saturated carbocycles. The predicted octanol–water partition coefficient (Wildman–Crippen LogP) is 2.33. The van der Waals surface area contributed by atoms with Gasteiger partial charge < -0.3 is 19.3 Å². The molecule has 5 nitrogen and oxygen atoms in total. The molecule has 0 fully saturated rings. The molecule has 1 unspecified atom stereocenters. The molecule has 1 atom stereocenters. The van der Waals surface area contributed by atoms with Gasteiger partial charge in [0, 0.05) is 17.3 Å². The lowest BCUT2D eigenvalue weighted by Gasteiger charge is -2.19. The fourth-order valence-corrected chi connectivity index (χ4v) is 2.11. The Bertz CT molecular complexity index is 633. The number of nitrogens with zero attached hydrogens (tertiary/aromatic N) is 1.